The molecule has 162 valence electrons. The molecule has 0 radical (unpaired) electrons. The van der Waals surface area contributed by atoms with E-state index >= 15 is 0 Å². The number of carbonyl (C=O) groups is 1. The zero-order chi connectivity index (χ0) is 21.9. The number of hydrogen-bond donors (Lipinski definition) is 1. The van der Waals surface area contributed by atoms with Crippen LogP contribution in [0.5, 0.6) is 0 Å². The van der Waals surface area contributed by atoms with Crippen LogP contribution in [0.2, 0.25) is 0 Å². The third-order valence-electron chi connectivity index (χ3n) is 5.93. The van der Waals surface area contributed by atoms with Gasteiger partial charge >= 0.3 is 0 Å². The monoisotopic (exact) mass is 443 g/mol. The Morgan fingerprint density at radius 3 is 2.47 bits per heavy atom. The first kappa shape index (κ1) is 20.6. The molecule has 0 saturated carbocycles. The number of likely N-dealkylation sites (tertiary alicyclic amines) is 1. The van der Waals surface area contributed by atoms with Crippen molar-refractivity contribution in [1.29, 1.82) is 0 Å². The topological polar surface area (TPSA) is 77.0 Å². The van der Waals surface area contributed by atoms with Crippen LogP contribution in [-0.2, 0) is 11.2 Å². The van der Waals surface area contributed by atoms with Crippen LogP contribution in [0.15, 0.2) is 78.0 Å². The van der Waals surface area contributed by atoms with Crippen molar-refractivity contribution >= 4 is 28.4 Å². The summed E-state index contributed by atoms with van der Waals surface area (Å²) in [5, 5.41) is 11.2. The molecular weight excluding hydrogens is 418 g/mol. The summed E-state index contributed by atoms with van der Waals surface area (Å²) in [5.41, 5.74) is 2.10. The molecule has 1 aliphatic heterocycles. The first-order valence-electron chi connectivity index (χ1n) is 10.9. The number of carbonyl (C=O) groups excluding carboxylic acids is 1. The number of nitrogens with zero attached hydrogens (tertiary/aromatic N) is 4. The van der Waals surface area contributed by atoms with Gasteiger partial charge in [0.05, 0.1) is 0 Å². The lowest BCUT2D eigenvalue weighted by Crippen LogP contribution is -2.31. The van der Waals surface area contributed by atoms with Crippen LogP contribution in [0.4, 0.5) is 0 Å². The summed E-state index contributed by atoms with van der Waals surface area (Å²) >= 11 is 1.37. The molecule has 1 amide bonds. The number of benzene rings is 3. The van der Waals surface area contributed by atoms with Crippen molar-refractivity contribution in [1.82, 2.24) is 19.8 Å². The van der Waals surface area contributed by atoms with Gasteiger partial charge in [-0.25, -0.2) is 4.68 Å². The van der Waals surface area contributed by atoms with Crippen LogP contribution in [0.25, 0.3) is 10.8 Å². The number of amides is 1. The predicted molar refractivity (Wildman–Crippen MR) is 128 cm³/mol. The Hall–Kier alpha value is -3.32. The van der Waals surface area contributed by atoms with Crippen molar-refractivity contribution in [3.05, 3.63) is 89.7 Å². The summed E-state index contributed by atoms with van der Waals surface area (Å²) in [6.07, 6.45) is 2.68. The predicted octanol–water partition coefficient (Wildman–Crippen LogP) is 4.19. The Labute approximate surface area is 191 Å². The van der Waals surface area contributed by atoms with E-state index < -0.39 is 5.25 Å². The van der Waals surface area contributed by atoms with Crippen molar-refractivity contribution < 1.29 is 4.79 Å². The molecule has 6 nitrogen and oxygen atoms in total. The van der Waals surface area contributed by atoms with Gasteiger partial charge in [0.15, 0.2) is 5.82 Å². The Morgan fingerprint density at radius 1 is 0.938 bits per heavy atom. The fourth-order valence-corrected chi connectivity index (χ4v) is 5.28. The molecule has 0 bridgehead atoms. The molecule has 3 aromatic carbocycles. The van der Waals surface area contributed by atoms with Gasteiger partial charge in [-0.15, -0.1) is 10.2 Å². The normalized spacial score (nSPS) is 14.7. The highest BCUT2D eigenvalue weighted by Crippen LogP contribution is 2.36. The number of thioether (sulfide) groups is 1. The summed E-state index contributed by atoms with van der Waals surface area (Å²) in [7, 11) is 0. The van der Waals surface area contributed by atoms with Crippen molar-refractivity contribution in [2.75, 3.05) is 18.9 Å². The summed E-state index contributed by atoms with van der Waals surface area (Å²) in [6.45, 7) is 1.62. The largest absolute Gasteiger partial charge is 0.341 e. The van der Waals surface area contributed by atoms with Crippen LogP contribution < -0.4 is 5.84 Å². The van der Waals surface area contributed by atoms with E-state index in [1.807, 2.05) is 53.4 Å². The molecule has 0 aliphatic carbocycles. The van der Waals surface area contributed by atoms with E-state index in [0.29, 0.717) is 17.4 Å². The van der Waals surface area contributed by atoms with Crippen molar-refractivity contribution in [2.24, 2.45) is 0 Å². The number of nitrogen functional groups attached to an aromatic ring is 1. The van der Waals surface area contributed by atoms with Crippen molar-refractivity contribution in [3.63, 3.8) is 0 Å². The van der Waals surface area contributed by atoms with Gasteiger partial charge in [-0.1, -0.05) is 84.6 Å². The van der Waals surface area contributed by atoms with Gasteiger partial charge in [0, 0.05) is 19.5 Å². The minimum absolute atomic E-state index is 0.109. The summed E-state index contributed by atoms with van der Waals surface area (Å²) in [5.74, 6) is 7.20. The molecule has 1 aromatic heterocycles. The van der Waals surface area contributed by atoms with E-state index in [0.717, 1.165) is 37.1 Å². The number of fused-ring (bicyclic) bond motifs is 1. The fraction of sp³-hybridized carbons (Fsp3) is 0.240. The highest BCUT2D eigenvalue weighted by atomic mass is 32.2. The molecule has 1 aliphatic rings. The Bertz CT molecular complexity index is 1230. The first-order valence-corrected chi connectivity index (χ1v) is 11.7. The highest BCUT2D eigenvalue weighted by Gasteiger charge is 2.30. The van der Waals surface area contributed by atoms with E-state index in [9.17, 15) is 4.79 Å². The maximum absolute atomic E-state index is 13.3. The first-order chi connectivity index (χ1) is 15.7. The Morgan fingerprint density at radius 2 is 1.66 bits per heavy atom. The van der Waals surface area contributed by atoms with Crippen LogP contribution in [0.1, 0.15) is 35.0 Å². The molecule has 5 rings (SSSR count). The number of rotatable bonds is 6. The van der Waals surface area contributed by atoms with E-state index in [1.165, 1.54) is 27.2 Å². The molecule has 2 heterocycles. The quantitative estimate of drug-likeness (QED) is 0.357. The van der Waals surface area contributed by atoms with Crippen molar-refractivity contribution in [2.45, 2.75) is 29.7 Å². The molecule has 0 spiro atoms. The molecule has 32 heavy (non-hydrogen) atoms. The molecule has 0 unspecified atom stereocenters. The molecule has 7 heteroatoms. The zero-order valence-electron chi connectivity index (χ0n) is 17.7. The van der Waals surface area contributed by atoms with Crippen molar-refractivity contribution in [3.8, 4) is 0 Å². The van der Waals surface area contributed by atoms with Gasteiger partial charge in [-0.3, -0.25) is 4.79 Å². The fourth-order valence-electron chi connectivity index (χ4n) is 4.22. The van der Waals surface area contributed by atoms with E-state index in [4.69, 9.17) is 5.84 Å². The average molecular weight is 444 g/mol. The molecule has 4 aromatic rings. The lowest BCUT2D eigenvalue weighted by Gasteiger charge is -2.22. The van der Waals surface area contributed by atoms with Gasteiger partial charge in [0.2, 0.25) is 11.1 Å². The second-order valence-corrected chi connectivity index (χ2v) is 9.10. The second kappa shape index (κ2) is 9.04. The average Bonchev–Trinajstić information content (AvgIpc) is 3.49. The second-order valence-electron chi connectivity index (χ2n) is 8.02. The van der Waals surface area contributed by atoms with Gasteiger partial charge in [-0.2, -0.15) is 0 Å². The molecule has 1 atom stereocenters. The van der Waals surface area contributed by atoms with E-state index in [-0.39, 0.29) is 5.91 Å². The van der Waals surface area contributed by atoms with Crippen LogP contribution in [-0.4, -0.2) is 38.8 Å². The van der Waals surface area contributed by atoms with Gasteiger partial charge < -0.3 is 10.7 Å². The lowest BCUT2D eigenvalue weighted by atomic mass is 10.0. The zero-order valence-corrected chi connectivity index (χ0v) is 18.5. The number of nitrogens with two attached hydrogens (primary N) is 1. The minimum Gasteiger partial charge on any atom is -0.341 e. The SMILES string of the molecule is Nn1c(Cc2cccc3ccccc23)nnc1S[C@@H](C(=O)N1CCCC1)c1ccccc1. The van der Waals surface area contributed by atoms with Gasteiger partial charge in [-0.05, 0) is 34.7 Å². The lowest BCUT2D eigenvalue weighted by molar-refractivity contribution is -0.129. The molecule has 1 saturated heterocycles. The number of hydrogen-bond acceptors (Lipinski definition) is 5. The van der Waals surface area contributed by atoms with Crippen LogP contribution in [0.3, 0.4) is 0 Å². The van der Waals surface area contributed by atoms with E-state index in [1.54, 1.807) is 0 Å². The summed E-state index contributed by atoms with van der Waals surface area (Å²) in [6, 6.07) is 24.4. The summed E-state index contributed by atoms with van der Waals surface area (Å²) in [4.78, 5) is 15.3. The third kappa shape index (κ3) is 4.08. The Kier molecular flexibility index (Phi) is 5.81. The van der Waals surface area contributed by atoms with E-state index in [2.05, 4.69) is 34.5 Å². The smallest absolute Gasteiger partial charge is 0.240 e. The van der Waals surface area contributed by atoms with Gasteiger partial charge in [0.1, 0.15) is 5.25 Å². The molecular formula is C25H25N5OS. The standard InChI is InChI=1S/C25H25N5OS/c26-30-22(17-20-13-8-12-18-9-4-5-14-21(18)20)27-28-25(30)32-23(19-10-2-1-3-11-19)24(31)29-15-6-7-16-29/h1-5,8-14,23H,6-7,15-17,26H2/t23-/m1/s1. The maximum Gasteiger partial charge on any atom is 0.240 e. The molecule has 1 fully saturated rings. The highest BCUT2D eigenvalue weighted by molar-refractivity contribution is 8.00. The number of aromatic nitrogens is 3. The maximum atomic E-state index is 13.3. The van der Waals surface area contributed by atoms with Gasteiger partial charge in [0.25, 0.3) is 0 Å². The minimum atomic E-state index is -0.397. The summed E-state index contributed by atoms with van der Waals surface area (Å²) < 4.78 is 1.53. The Balaban J connectivity index is 1.42. The third-order valence-corrected chi connectivity index (χ3v) is 7.13. The molecule has 2 N–H and O–H groups in total. The van der Waals surface area contributed by atoms with Crippen LogP contribution >= 0.6 is 11.8 Å². The van der Waals surface area contributed by atoms with Crippen LogP contribution in [0, 0.1) is 0 Å².